The van der Waals surface area contributed by atoms with Crippen LogP contribution in [-0.4, -0.2) is 67.1 Å². The Morgan fingerprint density at radius 2 is 1.81 bits per heavy atom. The lowest BCUT2D eigenvalue weighted by Gasteiger charge is -2.22. The predicted octanol–water partition coefficient (Wildman–Crippen LogP) is 2.97. The van der Waals surface area contributed by atoms with Crippen molar-refractivity contribution in [3.05, 3.63) is 59.8 Å². The van der Waals surface area contributed by atoms with Gasteiger partial charge in [0.25, 0.3) is 0 Å². The number of rotatable bonds is 14. The number of amides is 4. The number of unbranched alkanes of at least 4 members (excludes halogenated alkanes) is 1. The van der Waals surface area contributed by atoms with Gasteiger partial charge in [0.1, 0.15) is 6.04 Å². The van der Waals surface area contributed by atoms with Crippen LogP contribution < -0.4 is 30.7 Å². The standard InChI is InChI=1S/C29H35N5O8/c1-40-29(39)31-12-5-4-8-22(27(37)30-13-11-19-16-32-21-7-3-2-6-20(19)21)33-28(38)34-23(15-26(35)36)18-9-10-24-25(14-18)42-17-41-24/h2-3,6-7,9-10,14,16,22-23,32H,4-5,8,11-13,15,17H2,1H3,(H,30,37)(H,31,39)(H,35,36)(H2,33,34,38). The first-order valence-corrected chi connectivity index (χ1v) is 13.7. The second-order valence-electron chi connectivity index (χ2n) is 9.75. The summed E-state index contributed by atoms with van der Waals surface area (Å²) in [5, 5.41) is 21.4. The number of ether oxygens (including phenoxy) is 3. The summed E-state index contributed by atoms with van der Waals surface area (Å²) in [5.41, 5.74) is 2.58. The SMILES string of the molecule is COC(=O)NCCCCC(NC(=O)NC(CC(=O)O)c1ccc2c(c1)OCO2)C(=O)NCCc1c[nH]c2ccccc12. The van der Waals surface area contributed by atoms with Crippen molar-refractivity contribution in [1.29, 1.82) is 0 Å². The molecule has 2 unspecified atom stereocenters. The summed E-state index contributed by atoms with van der Waals surface area (Å²) in [7, 11) is 1.27. The molecule has 2 atom stereocenters. The fourth-order valence-corrected chi connectivity index (χ4v) is 4.70. The van der Waals surface area contributed by atoms with Crippen molar-refractivity contribution in [3.63, 3.8) is 0 Å². The molecule has 224 valence electrons. The van der Waals surface area contributed by atoms with E-state index in [-0.39, 0.29) is 19.1 Å². The average Bonchev–Trinajstić information content (AvgIpc) is 3.62. The van der Waals surface area contributed by atoms with E-state index in [4.69, 9.17) is 9.47 Å². The van der Waals surface area contributed by atoms with Crippen molar-refractivity contribution < 1.29 is 38.5 Å². The minimum absolute atomic E-state index is 0.0581. The molecule has 4 amide bonds. The second kappa shape index (κ2) is 14.6. The van der Waals surface area contributed by atoms with Gasteiger partial charge in [0, 0.05) is 30.2 Å². The van der Waals surface area contributed by atoms with Crippen LogP contribution in [0.15, 0.2) is 48.7 Å². The number of hydrogen-bond acceptors (Lipinski definition) is 7. The molecule has 0 bridgehead atoms. The van der Waals surface area contributed by atoms with Crippen LogP contribution in [-0.2, 0) is 20.7 Å². The third kappa shape index (κ3) is 8.29. The van der Waals surface area contributed by atoms with Gasteiger partial charge in [0.05, 0.1) is 19.6 Å². The number of fused-ring (bicyclic) bond motifs is 2. The van der Waals surface area contributed by atoms with Gasteiger partial charge in [-0.1, -0.05) is 24.3 Å². The Kier molecular flexibility index (Phi) is 10.5. The van der Waals surface area contributed by atoms with Gasteiger partial charge < -0.3 is 45.6 Å². The van der Waals surface area contributed by atoms with Crippen molar-refractivity contribution in [2.75, 3.05) is 27.0 Å². The number of urea groups is 1. The molecule has 42 heavy (non-hydrogen) atoms. The zero-order chi connectivity index (χ0) is 29.9. The number of para-hydroxylation sites is 1. The highest BCUT2D eigenvalue weighted by molar-refractivity contribution is 5.87. The minimum atomic E-state index is -1.11. The summed E-state index contributed by atoms with van der Waals surface area (Å²) in [6.45, 7) is 0.754. The Hall–Kier alpha value is -4.94. The molecule has 2 heterocycles. The summed E-state index contributed by atoms with van der Waals surface area (Å²) >= 11 is 0. The summed E-state index contributed by atoms with van der Waals surface area (Å²) in [5.74, 6) is -0.493. The number of carbonyl (C=O) groups is 4. The molecule has 0 saturated carbocycles. The highest BCUT2D eigenvalue weighted by Gasteiger charge is 2.25. The topological polar surface area (TPSA) is 180 Å². The molecule has 0 aliphatic carbocycles. The smallest absolute Gasteiger partial charge is 0.406 e. The molecular formula is C29H35N5O8. The van der Waals surface area contributed by atoms with Crippen LogP contribution in [0, 0.1) is 0 Å². The highest BCUT2D eigenvalue weighted by atomic mass is 16.7. The van der Waals surface area contributed by atoms with Crippen LogP contribution in [0.5, 0.6) is 11.5 Å². The fourth-order valence-electron chi connectivity index (χ4n) is 4.70. The Bertz CT molecular complexity index is 1410. The molecule has 4 rings (SSSR count). The van der Waals surface area contributed by atoms with Crippen LogP contribution in [0.25, 0.3) is 10.9 Å². The Morgan fingerprint density at radius 3 is 2.62 bits per heavy atom. The molecule has 13 nitrogen and oxygen atoms in total. The van der Waals surface area contributed by atoms with Crippen molar-refractivity contribution in [1.82, 2.24) is 26.3 Å². The van der Waals surface area contributed by atoms with E-state index in [9.17, 15) is 24.3 Å². The number of aromatic nitrogens is 1. The van der Waals surface area contributed by atoms with Crippen LogP contribution in [0.4, 0.5) is 9.59 Å². The van der Waals surface area contributed by atoms with Gasteiger partial charge in [-0.3, -0.25) is 9.59 Å². The van der Waals surface area contributed by atoms with Crippen molar-refractivity contribution in [2.45, 2.75) is 44.2 Å². The number of aromatic amines is 1. The molecule has 1 aliphatic heterocycles. The number of nitrogens with one attached hydrogen (secondary N) is 5. The van der Waals surface area contributed by atoms with Gasteiger partial charge in [-0.15, -0.1) is 0 Å². The number of carbonyl (C=O) groups excluding carboxylic acids is 3. The van der Waals surface area contributed by atoms with E-state index in [1.807, 2.05) is 30.5 Å². The normalized spacial score (nSPS) is 13.2. The molecule has 0 fully saturated rings. The number of carboxylic acids is 1. The third-order valence-electron chi connectivity index (χ3n) is 6.85. The zero-order valence-corrected chi connectivity index (χ0v) is 23.2. The molecule has 6 N–H and O–H groups in total. The number of hydrogen-bond donors (Lipinski definition) is 6. The second-order valence-corrected chi connectivity index (χ2v) is 9.75. The van der Waals surface area contributed by atoms with E-state index in [2.05, 4.69) is 31.0 Å². The van der Waals surface area contributed by atoms with E-state index >= 15 is 0 Å². The third-order valence-corrected chi connectivity index (χ3v) is 6.85. The van der Waals surface area contributed by atoms with Gasteiger partial charge in [-0.05, 0) is 55.0 Å². The predicted molar refractivity (Wildman–Crippen MR) is 152 cm³/mol. The molecule has 0 radical (unpaired) electrons. The van der Waals surface area contributed by atoms with E-state index in [0.717, 1.165) is 16.5 Å². The molecule has 13 heteroatoms. The number of methoxy groups -OCH3 is 1. The van der Waals surface area contributed by atoms with Crippen LogP contribution in [0.2, 0.25) is 0 Å². The Labute approximate surface area is 242 Å². The molecule has 0 saturated heterocycles. The monoisotopic (exact) mass is 581 g/mol. The fraction of sp³-hybridized carbons (Fsp3) is 0.379. The lowest BCUT2D eigenvalue weighted by Crippen LogP contribution is -2.51. The van der Waals surface area contributed by atoms with Gasteiger partial charge >= 0.3 is 18.1 Å². The van der Waals surface area contributed by atoms with Crippen molar-refractivity contribution in [3.8, 4) is 11.5 Å². The van der Waals surface area contributed by atoms with Crippen LogP contribution >= 0.6 is 0 Å². The number of alkyl carbamates (subject to hydrolysis) is 1. The first-order valence-electron chi connectivity index (χ1n) is 13.7. The minimum Gasteiger partial charge on any atom is -0.481 e. The van der Waals surface area contributed by atoms with Gasteiger partial charge in [0.2, 0.25) is 12.7 Å². The van der Waals surface area contributed by atoms with Crippen LogP contribution in [0.3, 0.4) is 0 Å². The summed E-state index contributed by atoms with van der Waals surface area (Å²) in [6, 6.07) is 10.3. The zero-order valence-electron chi connectivity index (χ0n) is 23.2. The van der Waals surface area contributed by atoms with Crippen LogP contribution in [0.1, 0.15) is 42.9 Å². The number of carboxylic acid groups (broad SMARTS) is 1. The first-order chi connectivity index (χ1) is 20.3. The molecule has 1 aromatic heterocycles. The Balaban J connectivity index is 1.37. The van der Waals surface area contributed by atoms with E-state index in [1.54, 1.807) is 18.2 Å². The lowest BCUT2D eigenvalue weighted by atomic mass is 10.0. The van der Waals surface area contributed by atoms with E-state index in [0.29, 0.717) is 55.8 Å². The molecule has 1 aliphatic rings. The van der Waals surface area contributed by atoms with Gasteiger partial charge in [-0.2, -0.15) is 0 Å². The molecule has 2 aromatic carbocycles. The summed E-state index contributed by atoms with van der Waals surface area (Å²) in [6.07, 6.45) is 2.93. The van der Waals surface area contributed by atoms with Crippen molar-refractivity contribution in [2.24, 2.45) is 0 Å². The average molecular weight is 582 g/mol. The number of H-pyrrole nitrogens is 1. The summed E-state index contributed by atoms with van der Waals surface area (Å²) < 4.78 is 15.3. The Morgan fingerprint density at radius 1 is 1.00 bits per heavy atom. The highest BCUT2D eigenvalue weighted by Crippen LogP contribution is 2.34. The largest absolute Gasteiger partial charge is 0.481 e. The lowest BCUT2D eigenvalue weighted by molar-refractivity contribution is -0.137. The maximum atomic E-state index is 13.2. The van der Waals surface area contributed by atoms with Crippen molar-refractivity contribution >= 4 is 34.9 Å². The maximum absolute atomic E-state index is 13.2. The maximum Gasteiger partial charge on any atom is 0.406 e. The van der Waals surface area contributed by atoms with E-state index in [1.165, 1.54) is 7.11 Å². The quantitative estimate of drug-likeness (QED) is 0.157. The number of benzene rings is 2. The molecule has 0 spiro atoms. The van der Waals surface area contributed by atoms with Gasteiger partial charge in [0.15, 0.2) is 11.5 Å². The molecular weight excluding hydrogens is 546 g/mol. The van der Waals surface area contributed by atoms with Gasteiger partial charge in [-0.25, -0.2) is 9.59 Å². The molecule has 3 aromatic rings. The summed E-state index contributed by atoms with van der Waals surface area (Å²) in [4.78, 5) is 52.3. The van der Waals surface area contributed by atoms with E-state index < -0.39 is 30.2 Å². The first kappa shape index (κ1) is 30.0. The number of aliphatic carboxylic acids is 1.